The molecule has 1 N–H and O–H groups in total. The molecule has 104 valence electrons. The molecule has 1 aromatic rings. The largest absolute Gasteiger partial charge is 0.313 e. The Hall–Kier alpha value is -0.890. The van der Waals surface area contributed by atoms with Crippen molar-refractivity contribution in [2.45, 2.75) is 45.1 Å². The molecule has 2 heteroatoms. The Bertz CT molecular complexity index is 457. The first-order valence-electron chi connectivity index (χ1n) is 7.60. The van der Waals surface area contributed by atoms with Crippen molar-refractivity contribution < 1.29 is 4.39 Å². The summed E-state index contributed by atoms with van der Waals surface area (Å²) in [4.78, 5) is 0. The smallest absolute Gasteiger partial charge is 0.128 e. The number of aryl methyl sites for hydroxylation is 1. The number of hydrogen-bond donors (Lipinski definition) is 1. The van der Waals surface area contributed by atoms with Gasteiger partial charge in [0, 0.05) is 11.6 Å². The molecule has 2 bridgehead atoms. The van der Waals surface area contributed by atoms with Crippen LogP contribution >= 0.6 is 0 Å². The van der Waals surface area contributed by atoms with Gasteiger partial charge in [0.15, 0.2) is 0 Å². The average Bonchev–Trinajstić information content (AvgIpc) is 2.99. The standard InChI is InChI=1S/C17H24FN/c1-11-3-6-15(16(18)7-11)17(19-2)10-14-9-12-4-5-13(14)8-12/h3,6-7,12-14,17,19H,4-5,8-10H2,1-2H3. The Labute approximate surface area is 115 Å². The molecule has 0 heterocycles. The van der Waals surface area contributed by atoms with Gasteiger partial charge in [0.1, 0.15) is 5.82 Å². The van der Waals surface area contributed by atoms with Crippen LogP contribution in [-0.2, 0) is 0 Å². The lowest BCUT2D eigenvalue weighted by molar-refractivity contribution is 0.282. The van der Waals surface area contributed by atoms with Crippen LogP contribution in [0.15, 0.2) is 18.2 Å². The third kappa shape index (κ3) is 2.55. The molecule has 2 aliphatic carbocycles. The Kier molecular flexibility index (Phi) is 3.62. The number of rotatable bonds is 4. The van der Waals surface area contributed by atoms with E-state index in [9.17, 15) is 4.39 Å². The van der Waals surface area contributed by atoms with Crippen LogP contribution in [0.5, 0.6) is 0 Å². The molecule has 0 aromatic heterocycles. The van der Waals surface area contributed by atoms with E-state index in [2.05, 4.69) is 5.32 Å². The molecule has 19 heavy (non-hydrogen) atoms. The second-order valence-electron chi connectivity index (χ2n) is 6.54. The van der Waals surface area contributed by atoms with Crippen LogP contribution in [0.3, 0.4) is 0 Å². The summed E-state index contributed by atoms with van der Waals surface area (Å²) in [6.45, 7) is 1.94. The number of fused-ring (bicyclic) bond motifs is 2. The third-order valence-corrected chi connectivity index (χ3v) is 5.30. The Morgan fingerprint density at radius 1 is 1.32 bits per heavy atom. The highest BCUT2D eigenvalue weighted by Crippen LogP contribution is 2.51. The highest BCUT2D eigenvalue weighted by atomic mass is 19.1. The summed E-state index contributed by atoms with van der Waals surface area (Å²) < 4.78 is 14.1. The van der Waals surface area contributed by atoms with E-state index in [-0.39, 0.29) is 11.9 Å². The van der Waals surface area contributed by atoms with Gasteiger partial charge in [-0.25, -0.2) is 4.39 Å². The van der Waals surface area contributed by atoms with Gasteiger partial charge >= 0.3 is 0 Å². The van der Waals surface area contributed by atoms with Crippen molar-refractivity contribution in [3.63, 3.8) is 0 Å². The van der Waals surface area contributed by atoms with Crippen molar-refractivity contribution >= 4 is 0 Å². The van der Waals surface area contributed by atoms with E-state index in [4.69, 9.17) is 0 Å². The molecule has 3 rings (SSSR count). The van der Waals surface area contributed by atoms with Crippen molar-refractivity contribution in [2.75, 3.05) is 7.05 Å². The summed E-state index contributed by atoms with van der Waals surface area (Å²) in [7, 11) is 1.96. The molecule has 2 saturated carbocycles. The first-order chi connectivity index (χ1) is 9.17. The van der Waals surface area contributed by atoms with Gasteiger partial charge in [-0.2, -0.15) is 0 Å². The van der Waals surface area contributed by atoms with Gasteiger partial charge in [0.05, 0.1) is 0 Å². The zero-order valence-corrected chi connectivity index (χ0v) is 12.0. The molecule has 0 aliphatic heterocycles. The summed E-state index contributed by atoms with van der Waals surface area (Å²) >= 11 is 0. The lowest BCUT2D eigenvalue weighted by Crippen LogP contribution is -2.23. The second-order valence-corrected chi connectivity index (χ2v) is 6.54. The van der Waals surface area contributed by atoms with Crippen LogP contribution < -0.4 is 5.32 Å². The predicted octanol–water partition coefficient (Wildman–Crippen LogP) is 4.22. The molecular formula is C17H24FN. The number of benzene rings is 1. The minimum absolute atomic E-state index is 0.0532. The molecular weight excluding hydrogens is 237 g/mol. The summed E-state index contributed by atoms with van der Waals surface area (Å²) in [5.41, 5.74) is 1.84. The fourth-order valence-corrected chi connectivity index (χ4v) is 4.28. The molecule has 0 radical (unpaired) electrons. The monoisotopic (exact) mass is 261 g/mol. The van der Waals surface area contributed by atoms with Gasteiger partial charge < -0.3 is 5.32 Å². The lowest BCUT2D eigenvalue weighted by Gasteiger charge is -2.27. The van der Waals surface area contributed by atoms with E-state index in [1.807, 2.05) is 26.1 Å². The topological polar surface area (TPSA) is 12.0 Å². The maximum absolute atomic E-state index is 14.1. The maximum Gasteiger partial charge on any atom is 0.128 e. The zero-order valence-electron chi connectivity index (χ0n) is 12.0. The van der Waals surface area contributed by atoms with Crippen LogP contribution in [0.4, 0.5) is 4.39 Å². The maximum atomic E-state index is 14.1. The van der Waals surface area contributed by atoms with Crippen LogP contribution in [-0.4, -0.2) is 7.05 Å². The molecule has 1 aromatic carbocycles. The van der Waals surface area contributed by atoms with Crippen LogP contribution in [0.2, 0.25) is 0 Å². The number of halogens is 1. The minimum atomic E-state index is -0.0532. The van der Waals surface area contributed by atoms with E-state index in [0.717, 1.165) is 35.3 Å². The Morgan fingerprint density at radius 3 is 2.74 bits per heavy atom. The first kappa shape index (κ1) is 13.1. The average molecular weight is 261 g/mol. The third-order valence-electron chi connectivity index (χ3n) is 5.30. The van der Waals surface area contributed by atoms with E-state index in [1.54, 1.807) is 6.07 Å². The molecule has 4 atom stereocenters. The van der Waals surface area contributed by atoms with Crippen molar-refractivity contribution in [1.82, 2.24) is 5.32 Å². The van der Waals surface area contributed by atoms with Crippen molar-refractivity contribution in [3.05, 3.63) is 35.1 Å². The van der Waals surface area contributed by atoms with Crippen molar-refractivity contribution in [1.29, 1.82) is 0 Å². The summed E-state index contributed by atoms with van der Waals surface area (Å²) in [5.74, 6) is 2.63. The summed E-state index contributed by atoms with van der Waals surface area (Å²) in [5, 5.41) is 3.33. The molecule has 2 fully saturated rings. The van der Waals surface area contributed by atoms with Crippen molar-refractivity contribution in [2.24, 2.45) is 17.8 Å². The number of hydrogen-bond acceptors (Lipinski definition) is 1. The zero-order chi connectivity index (χ0) is 13.4. The molecule has 1 nitrogen and oxygen atoms in total. The van der Waals surface area contributed by atoms with Gasteiger partial charge in [-0.3, -0.25) is 0 Å². The number of nitrogens with one attached hydrogen (secondary N) is 1. The predicted molar refractivity (Wildman–Crippen MR) is 76.5 cm³/mol. The minimum Gasteiger partial charge on any atom is -0.313 e. The highest BCUT2D eigenvalue weighted by molar-refractivity contribution is 5.26. The molecule has 0 saturated heterocycles. The summed E-state index contributed by atoms with van der Waals surface area (Å²) in [6.07, 6.45) is 6.73. The van der Waals surface area contributed by atoms with Crippen LogP contribution in [0, 0.1) is 30.5 Å². The van der Waals surface area contributed by atoms with E-state index >= 15 is 0 Å². The Morgan fingerprint density at radius 2 is 2.16 bits per heavy atom. The normalized spacial score (nSPS) is 30.8. The molecule has 2 aliphatic rings. The summed E-state index contributed by atoms with van der Waals surface area (Å²) in [6, 6.07) is 5.80. The van der Waals surface area contributed by atoms with E-state index in [0.29, 0.717) is 0 Å². The second kappa shape index (κ2) is 5.24. The van der Waals surface area contributed by atoms with Crippen LogP contribution in [0.1, 0.15) is 49.3 Å². The fourth-order valence-electron chi connectivity index (χ4n) is 4.28. The van der Waals surface area contributed by atoms with E-state index in [1.165, 1.54) is 25.7 Å². The quantitative estimate of drug-likeness (QED) is 0.855. The van der Waals surface area contributed by atoms with Gasteiger partial charge in [-0.05, 0) is 69.0 Å². The van der Waals surface area contributed by atoms with Gasteiger partial charge in [-0.1, -0.05) is 18.6 Å². The Balaban J connectivity index is 1.73. The van der Waals surface area contributed by atoms with Gasteiger partial charge in [-0.15, -0.1) is 0 Å². The molecule has 0 amide bonds. The van der Waals surface area contributed by atoms with Crippen LogP contribution in [0.25, 0.3) is 0 Å². The molecule has 0 spiro atoms. The van der Waals surface area contributed by atoms with E-state index < -0.39 is 0 Å². The SMILES string of the molecule is CNC(CC1CC2CCC1C2)c1ccc(C)cc1F. The van der Waals surface area contributed by atoms with Gasteiger partial charge in [0.25, 0.3) is 0 Å². The fraction of sp³-hybridized carbons (Fsp3) is 0.647. The highest BCUT2D eigenvalue weighted by Gasteiger charge is 2.40. The first-order valence-corrected chi connectivity index (χ1v) is 7.60. The lowest BCUT2D eigenvalue weighted by atomic mass is 9.82. The van der Waals surface area contributed by atoms with Crippen molar-refractivity contribution in [3.8, 4) is 0 Å². The van der Waals surface area contributed by atoms with Gasteiger partial charge in [0.2, 0.25) is 0 Å². The molecule has 4 unspecified atom stereocenters.